The first-order chi connectivity index (χ1) is 15.3. The lowest BCUT2D eigenvalue weighted by Gasteiger charge is -2.24. The molecule has 33 heavy (non-hydrogen) atoms. The lowest BCUT2D eigenvalue weighted by Crippen LogP contribution is -2.32. The van der Waals surface area contributed by atoms with Crippen LogP contribution in [0.15, 0.2) is 0 Å². The third kappa shape index (κ3) is 17.5. The fourth-order valence-corrected chi connectivity index (χ4v) is 1.91. The lowest BCUT2D eigenvalue weighted by atomic mass is 9.88. The van der Waals surface area contributed by atoms with Crippen LogP contribution in [0.5, 0.6) is 0 Å². The summed E-state index contributed by atoms with van der Waals surface area (Å²) >= 11 is 0. The molecule has 0 aliphatic rings. The van der Waals surface area contributed by atoms with Gasteiger partial charge in [0.2, 0.25) is 0 Å². The molecular weight excluding hydrogens is 444 g/mol. The molecule has 0 unspecified atom stereocenters. The molecule has 0 saturated heterocycles. The first-order valence-corrected chi connectivity index (χ1v) is 10.2. The van der Waals surface area contributed by atoms with Crippen LogP contribution in [0.1, 0.15) is 53.4 Å². The number of hydrogen-bond acceptors (Lipinski definition) is 12. The van der Waals surface area contributed by atoms with Gasteiger partial charge in [-0.3, -0.25) is 28.8 Å². The highest BCUT2D eigenvalue weighted by atomic mass is 16.6. The Kier molecular flexibility index (Phi) is 17.5. The van der Waals surface area contributed by atoms with Crippen molar-refractivity contribution < 1.29 is 58.3 Å². The Morgan fingerprint density at radius 2 is 1.00 bits per heavy atom. The molecule has 0 aliphatic heterocycles. The average molecular weight is 478 g/mol. The van der Waals surface area contributed by atoms with Gasteiger partial charge in [-0.2, -0.15) is 0 Å². The van der Waals surface area contributed by atoms with Gasteiger partial charge in [0.05, 0.1) is 19.8 Å². The quantitative estimate of drug-likeness (QED) is 0.152. The highest BCUT2D eigenvalue weighted by Gasteiger charge is 2.25. The van der Waals surface area contributed by atoms with Crippen molar-refractivity contribution in [3.05, 3.63) is 0 Å². The summed E-state index contributed by atoms with van der Waals surface area (Å²) in [5.41, 5.74) is -0.667. The number of aliphatic hydroxyl groups excluding tert-OH is 3. The van der Waals surface area contributed by atoms with Crippen molar-refractivity contribution in [1.82, 2.24) is 0 Å². The number of ether oxygens (including phenoxy) is 3. The molecule has 0 aromatic rings. The molecule has 0 rings (SSSR count). The zero-order valence-corrected chi connectivity index (χ0v) is 19.5. The number of carbonyl (C=O) groups excluding carboxylic acids is 6. The SMILES string of the molecule is CC(=O)CC(=O)OCC(COC(=O)CC(C)=O)OC(=O)CC(C)=O.CCC(CO)(CO)CO. The maximum Gasteiger partial charge on any atom is 0.313 e. The Hall–Kier alpha value is -2.70. The zero-order valence-electron chi connectivity index (χ0n) is 19.5. The summed E-state index contributed by atoms with van der Waals surface area (Å²) in [5.74, 6) is -3.77. The van der Waals surface area contributed by atoms with Gasteiger partial charge in [-0.05, 0) is 27.2 Å². The summed E-state index contributed by atoms with van der Waals surface area (Å²) in [6.07, 6.45) is -1.93. The molecule has 0 radical (unpaired) electrons. The third-order valence-corrected chi connectivity index (χ3v) is 4.09. The summed E-state index contributed by atoms with van der Waals surface area (Å²) in [6, 6.07) is 0. The minimum Gasteiger partial charge on any atom is -0.461 e. The second-order valence-electron chi connectivity index (χ2n) is 7.44. The van der Waals surface area contributed by atoms with Crippen molar-refractivity contribution in [3.63, 3.8) is 0 Å². The van der Waals surface area contributed by atoms with E-state index in [1.165, 1.54) is 20.8 Å². The van der Waals surface area contributed by atoms with Crippen LogP contribution in [0, 0.1) is 5.41 Å². The van der Waals surface area contributed by atoms with Crippen LogP contribution in [0.2, 0.25) is 0 Å². The monoisotopic (exact) mass is 478 g/mol. The van der Waals surface area contributed by atoms with Gasteiger partial charge < -0.3 is 29.5 Å². The molecule has 0 aromatic heterocycles. The number of aliphatic hydroxyl groups is 3. The Bertz CT molecular complexity index is 617. The number of carbonyl (C=O) groups is 6. The minimum absolute atomic E-state index is 0.156. The minimum atomic E-state index is -1.15. The average Bonchev–Trinajstić information content (AvgIpc) is 2.71. The van der Waals surface area contributed by atoms with E-state index in [-0.39, 0.29) is 19.8 Å². The van der Waals surface area contributed by atoms with E-state index in [4.69, 9.17) is 29.5 Å². The van der Waals surface area contributed by atoms with Gasteiger partial charge in [-0.1, -0.05) is 6.92 Å². The van der Waals surface area contributed by atoms with E-state index in [1.807, 2.05) is 6.92 Å². The largest absolute Gasteiger partial charge is 0.461 e. The molecule has 0 heterocycles. The molecule has 0 saturated carbocycles. The van der Waals surface area contributed by atoms with Crippen LogP contribution >= 0.6 is 0 Å². The molecule has 0 aromatic carbocycles. The summed E-state index contributed by atoms with van der Waals surface area (Å²) in [5, 5.41) is 26.0. The van der Waals surface area contributed by atoms with E-state index in [9.17, 15) is 28.8 Å². The molecule has 12 heteroatoms. The third-order valence-electron chi connectivity index (χ3n) is 4.09. The summed E-state index contributed by atoms with van der Waals surface area (Å²) in [6.45, 7) is 4.04. The second-order valence-corrected chi connectivity index (χ2v) is 7.44. The van der Waals surface area contributed by atoms with Gasteiger partial charge in [-0.25, -0.2) is 0 Å². The zero-order chi connectivity index (χ0) is 26.0. The first kappa shape index (κ1) is 32.5. The van der Waals surface area contributed by atoms with Gasteiger partial charge in [0.15, 0.2) is 6.10 Å². The Morgan fingerprint density at radius 3 is 1.24 bits per heavy atom. The van der Waals surface area contributed by atoms with Crippen LogP contribution < -0.4 is 0 Å². The van der Waals surface area contributed by atoms with E-state index >= 15 is 0 Å². The number of rotatable bonds is 15. The van der Waals surface area contributed by atoms with Gasteiger partial charge in [0, 0.05) is 5.41 Å². The number of ketones is 3. The summed E-state index contributed by atoms with van der Waals surface area (Å²) < 4.78 is 14.4. The van der Waals surface area contributed by atoms with E-state index in [0.29, 0.717) is 6.42 Å². The smallest absolute Gasteiger partial charge is 0.313 e. The topological polar surface area (TPSA) is 191 Å². The standard InChI is InChI=1S/C15H20O9.C6H14O3/c1-9(16)4-13(19)22-7-12(24-15(21)6-11(3)18)8-23-14(20)5-10(2)17;1-2-6(3-7,4-8)5-9/h12H,4-8H2,1-3H3;7-9H,2-5H2,1H3. The highest BCUT2D eigenvalue weighted by molar-refractivity contribution is 5.95. The molecule has 0 atom stereocenters. The molecule has 0 spiro atoms. The van der Waals surface area contributed by atoms with Crippen molar-refractivity contribution in [2.24, 2.45) is 5.41 Å². The van der Waals surface area contributed by atoms with Crippen molar-refractivity contribution >= 4 is 35.3 Å². The fourth-order valence-electron chi connectivity index (χ4n) is 1.91. The number of esters is 3. The van der Waals surface area contributed by atoms with E-state index < -0.39 is 79.3 Å². The van der Waals surface area contributed by atoms with E-state index in [2.05, 4.69) is 0 Å². The number of hydrogen-bond donors (Lipinski definition) is 3. The molecule has 12 nitrogen and oxygen atoms in total. The van der Waals surface area contributed by atoms with Crippen molar-refractivity contribution in [1.29, 1.82) is 0 Å². The fraction of sp³-hybridized carbons (Fsp3) is 0.714. The predicted octanol–water partition coefficient (Wildman–Crippen LogP) is -0.718. The molecule has 0 aliphatic carbocycles. The molecule has 0 fully saturated rings. The van der Waals surface area contributed by atoms with Crippen LogP contribution in [0.3, 0.4) is 0 Å². The lowest BCUT2D eigenvalue weighted by molar-refractivity contribution is -0.167. The van der Waals surface area contributed by atoms with Crippen LogP contribution in [-0.2, 0) is 43.0 Å². The normalized spacial score (nSPS) is 10.5. The molecule has 190 valence electrons. The van der Waals surface area contributed by atoms with Crippen LogP contribution in [0.25, 0.3) is 0 Å². The molecule has 3 N–H and O–H groups in total. The van der Waals surface area contributed by atoms with Crippen LogP contribution in [-0.4, -0.2) is 89.7 Å². The Morgan fingerprint density at radius 1 is 0.667 bits per heavy atom. The number of Topliss-reactive ketones (excluding diaryl/α,β-unsaturated/α-hetero) is 3. The van der Waals surface area contributed by atoms with E-state index in [1.54, 1.807) is 0 Å². The van der Waals surface area contributed by atoms with Crippen molar-refractivity contribution in [2.75, 3.05) is 33.0 Å². The predicted molar refractivity (Wildman–Crippen MR) is 112 cm³/mol. The van der Waals surface area contributed by atoms with E-state index in [0.717, 1.165) is 0 Å². The van der Waals surface area contributed by atoms with Crippen LogP contribution in [0.4, 0.5) is 0 Å². The summed E-state index contributed by atoms with van der Waals surface area (Å²) in [7, 11) is 0. The van der Waals surface area contributed by atoms with Crippen molar-refractivity contribution in [2.45, 2.75) is 59.5 Å². The van der Waals surface area contributed by atoms with Gasteiger partial charge in [0.25, 0.3) is 0 Å². The Balaban J connectivity index is 0. The Labute approximate surface area is 192 Å². The molecule has 0 amide bonds. The van der Waals surface area contributed by atoms with Gasteiger partial charge in [0.1, 0.15) is 49.8 Å². The maximum atomic E-state index is 11.5. The van der Waals surface area contributed by atoms with Crippen molar-refractivity contribution in [3.8, 4) is 0 Å². The first-order valence-electron chi connectivity index (χ1n) is 10.2. The maximum absolute atomic E-state index is 11.5. The molecule has 0 bridgehead atoms. The van der Waals surface area contributed by atoms with Gasteiger partial charge in [-0.15, -0.1) is 0 Å². The van der Waals surface area contributed by atoms with Gasteiger partial charge >= 0.3 is 17.9 Å². The molecular formula is C21H34O12. The highest BCUT2D eigenvalue weighted by Crippen LogP contribution is 2.18. The second kappa shape index (κ2) is 17.8. The summed E-state index contributed by atoms with van der Waals surface area (Å²) in [4.78, 5) is 66.6.